The van der Waals surface area contributed by atoms with Crippen LogP contribution < -0.4 is 0 Å². The summed E-state index contributed by atoms with van der Waals surface area (Å²) in [5, 5.41) is 18.4. The van der Waals surface area contributed by atoms with Crippen LogP contribution in [0.25, 0.3) is 11.3 Å². The van der Waals surface area contributed by atoms with Crippen LogP contribution in [0.2, 0.25) is 5.02 Å². The van der Waals surface area contributed by atoms with Crippen LogP contribution in [0.15, 0.2) is 36.4 Å². The van der Waals surface area contributed by atoms with Gasteiger partial charge in [0.25, 0.3) is 5.91 Å². The number of carbonyl (C=O) groups is 1. The molecule has 0 bridgehead atoms. The summed E-state index contributed by atoms with van der Waals surface area (Å²) < 4.78 is 0. The third-order valence-electron chi connectivity index (χ3n) is 5.56. The lowest BCUT2D eigenvalue weighted by molar-refractivity contribution is 0.0744. The fraction of sp³-hybridized carbons (Fsp3) is 0.304. The number of aromatic amines is 1. The van der Waals surface area contributed by atoms with Crippen LogP contribution in [0.1, 0.15) is 59.1 Å². The smallest absolute Gasteiger partial charge is 0.273 e. The number of nitrogens with zero attached hydrogens (tertiary/aromatic N) is 2. The lowest BCUT2D eigenvalue weighted by Crippen LogP contribution is -2.30. The van der Waals surface area contributed by atoms with E-state index < -0.39 is 0 Å². The summed E-state index contributed by atoms with van der Waals surface area (Å²) in [6.07, 6.45) is 1.81. The molecule has 2 N–H and O–H groups in total. The van der Waals surface area contributed by atoms with E-state index in [0.29, 0.717) is 28.5 Å². The van der Waals surface area contributed by atoms with Gasteiger partial charge in [0.1, 0.15) is 17.1 Å². The fourth-order valence-corrected chi connectivity index (χ4v) is 4.18. The molecule has 1 aliphatic rings. The Bertz CT molecular complexity index is 1070. The van der Waals surface area contributed by atoms with E-state index in [9.17, 15) is 9.90 Å². The van der Waals surface area contributed by atoms with Gasteiger partial charge in [-0.3, -0.25) is 9.89 Å². The number of benzene rings is 2. The third-order valence-corrected chi connectivity index (χ3v) is 5.97. The highest BCUT2D eigenvalue weighted by Crippen LogP contribution is 2.45. The molecule has 4 rings (SSSR count). The zero-order valence-corrected chi connectivity index (χ0v) is 17.5. The summed E-state index contributed by atoms with van der Waals surface area (Å²) in [6, 6.07) is 11.4. The Labute approximate surface area is 175 Å². The van der Waals surface area contributed by atoms with Gasteiger partial charge in [0, 0.05) is 22.7 Å². The lowest BCUT2D eigenvalue weighted by Gasteiger charge is -2.26. The van der Waals surface area contributed by atoms with Crippen molar-refractivity contribution >= 4 is 17.5 Å². The molecule has 0 aliphatic carbocycles. The van der Waals surface area contributed by atoms with E-state index in [1.54, 1.807) is 12.1 Å². The Morgan fingerprint density at radius 1 is 1.21 bits per heavy atom. The molecule has 2 heterocycles. The number of aromatic hydroxyl groups is 1. The number of hydrogen-bond acceptors (Lipinski definition) is 3. The minimum atomic E-state index is -0.253. The van der Waals surface area contributed by atoms with E-state index in [-0.39, 0.29) is 17.7 Å². The van der Waals surface area contributed by atoms with Crippen LogP contribution in [0.5, 0.6) is 5.75 Å². The first-order valence-electron chi connectivity index (χ1n) is 9.93. The molecule has 0 saturated heterocycles. The molecule has 1 aromatic heterocycles. The third kappa shape index (κ3) is 3.19. The molecule has 1 amide bonds. The van der Waals surface area contributed by atoms with Gasteiger partial charge < -0.3 is 10.0 Å². The number of hydrogen-bond donors (Lipinski definition) is 2. The normalized spacial score (nSPS) is 15.8. The van der Waals surface area contributed by atoms with Crippen molar-refractivity contribution in [3.05, 3.63) is 69.4 Å². The highest BCUT2D eigenvalue weighted by molar-refractivity contribution is 6.31. The van der Waals surface area contributed by atoms with Crippen LogP contribution in [-0.2, 0) is 6.42 Å². The second-order valence-corrected chi connectivity index (χ2v) is 7.88. The quantitative estimate of drug-likeness (QED) is 0.603. The van der Waals surface area contributed by atoms with Crippen LogP contribution in [0.4, 0.5) is 0 Å². The van der Waals surface area contributed by atoms with E-state index in [0.717, 1.165) is 29.5 Å². The second kappa shape index (κ2) is 7.56. The molecule has 0 spiro atoms. The monoisotopic (exact) mass is 409 g/mol. The average Bonchev–Trinajstić information content (AvgIpc) is 3.25. The minimum Gasteiger partial charge on any atom is -0.507 e. The van der Waals surface area contributed by atoms with Gasteiger partial charge in [0.15, 0.2) is 0 Å². The first kappa shape index (κ1) is 19.5. The fourth-order valence-electron chi connectivity index (χ4n) is 4.01. The summed E-state index contributed by atoms with van der Waals surface area (Å²) in [5.74, 6) is 0.0329. The SMILES string of the molecule is CCCN1C(=O)c2[nH]nc(-c3cc(Cl)c(C)cc3O)c2C1c1ccc(CC)cc1. The van der Waals surface area contributed by atoms with Gasteiger partial charge in [-0.25, -0.2) is 0 Å². The molecular weight excluding hydrogens is 386 g/mol. The largest absolute Gasteiger partial charge is 0.507 e. The van der Waals surface area contributed by atoms with Crippen molar-refractivity contribution in [1.82, 2.24) is 15.1 Å². The van der Waals surface area contributed by atoms with E-state index >= 15 is 0 Å². The number of H-pyrrole nitrogens is 1. The van der Waals surface area contributed by atoms with Gasteiger partial charge in [0.05, 0.1) is 6.04 Å². The first-order chi connectivity index (χ1) is 14.0. The van der Waals surface area contributed by atoms with Crippen LogP contribution in [0.3, 0.4) is 0 Å². The highest BCUT2D eigenvalue weighted by Gasteiger charge is 2.42. The molecule has 1 aliphatic heterocycles. The van der Waals surface area contributed by atoms with Gasteiger partial charge >= 0.3 is 0 Å². The number of halogens is 1. The highest BCUT2D eigenvalue weighted by atomic mass is 35.5. The van der Waals surface area contributed by atoms with Gasteiger partial charge in [-0.15, -0.1) is 0 Å². The predicted octanol–water partition coefficient (Wildman–Crippen LogP) is 5.26. The number of phenols is 1. The van der Waals surface area contributed by atoms with E-state index in [4.69, 9.17) is 11.6 Å². The Morgan fingerprint density at radius 3 is 2.59 bits per heavy atom. The Morgan fingerprint density at radius 2 is 1.93 bits per heavy atom. The molecule has 6 heteroatoms. The molecule has 29 heavy (non-hydrogen) atoms. The maximum atomic E-state index is 13.1. The number of carbonyl (C=O) groups excluding carboxylic acids is 1. The first-order valence-corrected chi connectivity index (χ1v) is 10.3. The number of nitrogens with one attached hydrogen (secondary N) is 1. The molecule has 1 unspecified atom stereocenters. The van der Waals surface area contributed by atoms with Crippen LogP contribution in [0, 0.1) is 6.92 Å². The van der Waals surface area contributed by atoms with E-state index in [2.05, 4.69) is 48.3 Å². The summed E-state index contributed by atoms with van der Waals surface area (Å²) in [4.78, 5) is 15.0. The standard InChI is InChI=1S/C23H24ClN3O2/c1-4-10-27-22(15-8-6-14(5-2)7-9-15)19-20(25-26-21(19)23(27)29)16-12-17(24)13(3)11-18(16)28/h6-9,11-12,22,28H,4-5,10H2,1-3H3,(H,25,26). The molecule has 5 nitrogen and oxygen atoms in total. The number of aromatic nitrogens is 2. The number of rotatable bonds is 5. The van der Waals surface area contributed by atoms with Crippen molar-refractivity contribution in [2.24, 2.45) is 0 Å². The van der Waals surface area contributed by atoms with Crippen molar-refractivity contribution in [1.29, 1.82) is 0 Å². The maximum Gasteiger partial charge on any atom is 0.273 e. The molecular formula is C23H24ClN3O2. The zero-order valence-electron chi connectivity index (χ0n) is 16.8. The summed E-state index contributed by atoms with van der Waals surface area (Å²) in [7, 11) is 0. The molecule has 2 aromatic carbocycles. The molecule has 0 radical (unpaired) electrons. The van der Waals surface area contributed by atoms with E-state index in [1.807, 2.05) is 11.8 Å². The molecule has 3 aromatic rings. The Hall–Kier alpha value is -2.79. The number of amides is 1. The van der Waals surface area contributed by atoms with Gasteiger partial charge in [0.2, 0.25) is 0 Å². The number of fused-ring (bicyclic) bond motifs is 1. The topological polar surface area (TPSA) is 69.2 Å². The van der Waals surface area contributed by atoms with Crippen LogP contribution in [-0.4, -0.2) is 32.7 Å². The Kier molecular flexibility index (Phi) is 5.09. The summed E-state index contributed by atoms with van der Waals surface area (Å²) in [5.41, 5.74) is 5.43. The van der Waals surface area contributed by atoms with Gasteiger partial charge in [-0.1, -0.05) is 49.7 Å². The van der Waals surface area contributed by atoms with Crippen molar-refractivity contribution in [2.75, 3.05) is 6.54 Å². The summed E-state index contributed by atoms with van der Waals surface area (Å²) in [6.45, 7) is 6.66. The molecule has 150 valence electrons. The minimum absolute atomic E-state index is 0.0668. The van der Waals surface area contributed by atoms with E-state index in [1.165, 1.54) is 5.56 Å². The number of phenolic OH excluding ortho intramolecular Hbond substituents is 1. The predicted molar refractivity (Wildman–Crippen MR) is 114 cm³/mol. The Balaban J connectivity index is 1.90. The van der Waals surface area contributed by atoms with Gasteiger partial charge in [-0.2, -0.15) is 5.10 Å². The van der Waals surface area contributed by atoms with Crippen molar-refractivity contribution in [3.63, 3.8) is 0 Å². The van der Waals surface area contributed by atoms with Crippen molar-refractivity contribution in [3.8, 4) is 17.0 Å². The molecule has 0 saturated carbocycles. The maximum absolute atomic E-state index is 13.1. The van der Waals surface area contributed by atoms with Crippen LogP contribution >= 0.6 is 11.6 Å². The number of aryl methyl sites for hydroxylation is 2. The van der Waals surface area contributed by atoms with Crippen molar-refractivity contribution in [2.45, 2.75) is 39.7 Å². The molecule has 1 atom stereocenters. The zero-order chi connectivity index (χ0) is 20.7. The second-order valence-electron chi connectivity index (χ2n) is 7.48. The lowest BCUT2D eigenvalue weighted by atomic mass is 9.94. The van der Waals surface area contributed by atoms with Gasteiger partial charge in [-0.05, 0) is 48.6 Å². The van der Waals surface area contributed by atoms with Crippen molar-refractivity contribution < 1.29 is 9.90 Å². The summed E-state index contributed by atoms with van der Waals surface area (Å²) >= 11 is 6.32. The average molecular weight is 410 g/mol. The molecule has 0 fully saturated rings.